The van der Waals surface area contributed by atoms with E-state index in [1.807, 2.05) is 6.20 Å². The second-order valence-corrected chi connectivity index (χ2v) is 8.92. The molecule has 0 unspecified atom stereocenters. The number of thiazole rings is 2. The molecule has 8 heteroatoms. The molecule has 2 aromatic rings. The summed E-state index contributed by atoms with van der Waals surface area (Å²) in [5.41, 5.74) is -0.0352. The van der Waals surface area contributed by atoms with Crippen LogP contribution in [0, 0.1) is 0 Å². The summed E-state index contributed by atoms with van der Waals surface area (Å²) in [4.78, 5) is 23.0. The van der Waals surface area contributed by atoms with Gasteiger partial charge in [-0.1, -0.05) is 20.8 Å². The Bertz CT molecular complexity index is 686. The van der Waals surface area contributed by atoms with Crippen LogP contribution in [0.1, 0.15) is 59.1 Å². The van der Waals surface area contributed by atoms with Crippen LogP contribution in [0.15, 0.2) is 12.4 Å². The van der Waals surface area contributed by atoms with E-state index in [9.17, 15) is 4.79 Å². The lowest BCUT2D eigenvalue weighted by atomic mass is 9.97. The lowest BCUT2D eigenvalue weighted by Crippen LogP contribution is -2.26. The summed E-state index contributed by atoms with van der Waals surface area (Å²) >= 11 is 3.04. The monoisotopic (exact) mass is 386 g/mol. The SMILES string of the molecule is CC(C)(C)c1ncc(C(=O)Nc2ncc(C3CCNCC3)s2)s1.Cl. The van der Waals surface area contributed by atoms with E-state index in [0.29, 0.717) is 15.9 Å². The number of aromatic nitrogens is 2. The van der Waals surface area contributed by atoms with E-state index in [1.165, 1.54) is 16.2 Å². The molecule has 132 valence electrons. The number of hydrogen-bond donors (Lipinski definition) is 2. The number of nitrogens with zero attached hydrogens (tertiary/aromatic N) is 2. The highest BCUT2D eigenvalue weighted by molar-refractivity contribution is 7.16. The van der Waals surface area contributed by atoms with Gasteiger partial charge >= 0.3 is 0 Å². The van der Waals surface area contributed by atoms with E-state index in [2.05, 4.69) is 41.4 Å². The van der Waals surface area contributed by atoms with Crippen LogP contribution in [0.5, 0.6) is 0 Å². The van der Waals surface area contributed by atoms with E-state index in [-0.39, 0.29) is 23.7 Å². The van der Waals surface area contributed by atoms with Crippen LogP contribution in [-0.4, -0.2) is 29.0 Å². The van der Waals surface area contributed by atoms with E-state index in [4.69, 9.17) is 0 Å². The maximum Gasteiger partial charge on any atom is 0.269 e. The van der Waals surface area contributed by atoms with E-state index in [1.54, 1.807) is 17.5 Å². The Morgan fingerprint density at radius 1 is 1.21 bits per heavy atom. The Morgan fingerprint density at radius 2 is 1.92 bits per heavy atom. The van der Waals surface area contributed by atoms with E-state index < -0.39 is 0 Å². The van der Waals surface area contributed by atoms with Crippen molar-refractivity contribution in [2.24, 2.45) is 0 Å². The Morgan fingerprint density at radius 3 is 2.54 bits per heavy atom. The number of hydrogen-bond acceptors (Lipinski definition) is 6. The number of nitrogens with one attached hydrogen (secondary N) is 2. The van der Waals surface area contributed by atoms with Gasteiger partial charge in [0.2, 0.25) is 0 Å². The van der Waals surface area contributed by atoms with Crippen molar-refractivity contribution in [2.45, 2.75) is 44.9 Å². The molecule has 0 atom stereocenters. The van der Waals surface area contributed by atoms with Crippen molar-refractivity contribution in [1.29, 1.82) is 0 Å². The minimum absolute atomic E-state index is 0. The smallest absolute Gasteiger partial charge is 0.269 e. The van der Waals surface area contributed by atoms with Crippen molar-refractivity contribution in [3.8, 4) is 0 Å². The van der Waals surface area contributed by atoms with Gasteiger partial charge in [0, 0.05) is 16.5 Å². The van der Waals surface area contributed by atoms with Gasteiger partial charge in [-0.2, -0.15) is 0 Å². The minimum atomic E-state index is -0.121. The highest BCUT2D eigenvalue weighted by Crippen LogP contribution is 2.32. The van der Waals surface area contributed by atoms with Crippen molar-refractivity contribution in [1.82, 2.24) is 15.3 Å². The van der Waals surface area contributed by atoms with Gasteiger partial charge in [0.15, 0.2) is 5.13 Å². The first-order valence-corrected chi connectivity index (χ1v) is 9.51. The number of carbonyl (C=O) groups is 1. The predicted molar refractivity (Wildman–Crippen MR) is 103 cm³/mol. The zero-order chi connectivity index (χ0) is 16.4. The first kappa shape index (κ1) is 19.3. The normalized spacial score (nSPS) is 15.8. The van der Waals surface area contributed by atoms with Crippen LogP contribution in [0.4, 0.5) is 5.13 Å². The van der Waals surface area contributed by atoms with Gasteiger partial charge in [0.05, 0.1) is 11.2 Å². The van der Waals surface area contributed by atoms with Crippen molar-refractivity contribution >= 4 is 46.1 Å². The average molecular weight is 387 g/mol. The topological polar surface area (TPSA) is 66.9 Å². The quantitative estimate of drug-likeness (QED) is 0.835. The molecule has 0 aliphatic carbocycles. The molecule has 0 bridgehead atoms. The molecular formula is C16H23ClN4OS2. The van der Waals surface area contributed by atoms with Gasteiger partial charge in [-0.05, 0) is 31.8 Å². The molecule has 3 heterocycles. The van der Waals surface area contributed by atoms with Crippen LogP contribution in [-0.2, 0) is 5.41 Å². The van der Waals surface area contributed by atoms with Gasteiger partial charge in [0.25, 0.3) is 5.91 Å². The van der Waals surface area contributed by atoms with Crippen LogP contribution in [0.2, 0.25) is 0 Å². The number of carbonyl (C=O) groups excluding carboxylic acids is 1. The van der Waals surface area contributed by atoms with E-state index >= 15 is 0 Å². The fourth-order valence-corrected chi connectivity index (χ4v) is 4.37. The molecule has 1 aliphatic heterocycles. The standard InChI is InChI=1S/C16H22N4OS2.ClH/c1-16(2,3)14-18-9-12(22-14)13(21)20-15-19-8-11(23-15)10-4-6-17-7-5-10;/h8-10,17H,4-7H2,1-3H3,(H,19,20,21);1H. The Kier molecular flexibility index (Phi) is 6.36. The predicted octanol–water partition coefficient (Wildman–Crippen LogP) is 4.04. The number of piperidine rings is 1. The third-order valence-corrected chi connectivity index (χ3v) is 6.35. The summed E-state index contributed by atoms with van der Waals surface area (Å²) in [6.07, 6.45) is 5.84. The third-order valence-electron chi connectivity index (χ3n) is 3.86. The number of amides is 1. The molecular weight excluding hydrogens is 364 g/mol. The third kappa shape index (κ3) is 4.53. The molecule has 2 aromatic heterocycles. The minimum Gasteiger partial charge on any atom is -0.317 e. The lowest BCUT2D eigenvalue weighted by molar-refractivity contribution is 0.103. The molecule has 1 amide bonds. The van der Waals surface area contributed by atoms with Crippen molar-refractivity contribution < 1.29 is 4.79 Å². The molecule has 5 nitrogen and oxygen atoms in total. The molecule has 0 spiro atoms. The second kappa shape index (κ2) is 7.91. The maximum absolute atomic E-state index is 12.4. The summed E-state index contributed by atoms with van der Waals surface area (Å²) in [7, 11) is 0. The Hall–Kier alpha value is -1.02. The van der Waals surface area contributed by atoms with Gasteiger partial charge in [-0.15, -0.1) is 35.1 Å². The molecule has 3 rings (SSSR count). The number of rotatable bonds is 3. The van der Waals surface area contributed by atoms with Gasteiger partial charge in [0.1, 0.15) is 4.88 Å². The first-order valence-electron chi connectivity index (χ1n) is 7.87. The Balaban J connectivity index is 0.00000208. The molecule has 0 aromatic carbocycles. The summed E-state index contributed by atoms with van der Waals surface area (Å²) in [5, 5.41) is 7.92. The van der Waals surface area contributed by atoms with Crippen LogP contribution < -0.4 is 10.6 Å². The second-order valence-electron chi connectivity index (χ2n) is 6.83. The lowest BCUT2D eigenvalue weighted by Gasteiger charge is -2.20. The summed E-state index contributed by atoms with van der Waals surface area (Å²) in [6.45, 7) is 8.40. The van der Waals surface area contributed by atoms with Gasteiger partial charge < -0.3 is 5.32 Å². The number of anilines is 1. The fraction of sp³-hybridized carbons (Fsp3) is 0.562. The zero-order valence-corrected chi connectivity index (χ0v) is 16.5. The van der Waals surface area contributed by atoms with Gasteiger partial charge in [-0.3, -0.25) is 10.1 Å². The summed E-state index contributed by atoms with van der Waals surface area (Å²) in [6, 6.07) is 0. The summed E-state index contributed by atoms with van der Waals surface area (Å²) in [5.74, 6) is 0.444. The van der Waals surface area contributed by atoms with Crippen molar-refractivity contribution in [2.75, 3.05) is 18.4 Å². The molecule has 1 saturated heterocycles. The highest BCUT2D eigenvalue weighted by Gasteiger charge is 2.22. The Labute approximate surface area is 156 Å². The van der Waals surface area contributed by atoms with Crippen LogP contribution in [0.25, 0.3) is 0 Å². The molecule has 0 radical (unpaired) electrons. The zero-order valence-electron chi connectivity index (χ0n) is 14.1. The van der Waals surface area contributed by atoms with Crippen LogP contribution >= 0.6 is 35.1 Å². The first-order chi connectivity index (χ1) is 10.9. The largest absolute Gasteiger partial charge is 0.317 e. The van der Waals surface area contributed by atoms with Gasteiger partial charge in [-0.25, -0.2) is 9.97 Å². The fourth-order valence-electron chi connectivity index (χ4n) is 2.52. The summed E-state index contributed by atoms with van der Waals surface area (Å²) < 4.78 is 0. The van der Waals surface area contributed by atoms with E-state index in [0.717, 1.165) is 30.9 Å². The maximum atomic E-state index is 12.4. The van der Waals surface area contributed by atoms with Crippen LogP contribution in [0.3, 0.4) is 0 Å². The highest BCUT2D eigenvalue weighted by atomic mass is 35.5. The van der Waals surface area contributed by atoms with Crippen molar-refractivity contribution in [3.05, 3.63) is 27.2 Å². The molecule has 24 heavy (non-hydrogen) atoms. The molecule has 1 aliphatic rings. The average Bonchev–Trinajstić information content (AvgIpc) is 3.17. The molecule has 1 fully saturated rings. The number of halogens is 1. The molecule has 2 N–H and O–H groups in total. The van der Waals surface area contributed by atoms with Crippen molar-refractivity contribution in [3.63, 3.8) is 0 Å². The molecule has 0 saturated carbocycles.